The minimum atomic E-state index is -1.38. The van der Waals surface area contributed by atoms with Gasteiger partial charge in [0.05, 0.1) is 21.2 Å². The van der Waals surface area contributed by atoms with E-state index in [2.05, 4.69) is 13.2 Å². The van der Waals surface area contributed by atoms with Gasteiger partial charge in [-0.15, -0.1) is 6.58 Å². The van der Waals surface area contributed by atoms with Crippen molar-refractivity contribution in [1.82, 2.24) is 0 Å². The lowest BCUT2D eigenvalue weighted by atomic mass is 10.1. The van der Waals surface area contributed by atoms with E-state index in [1.54, 1.807) is 0 Å². The number of aliphatic hydroxyl groups excluding tert-OH is 1. The Labute approximate surface area is 157 Å². The highest BCUT2D eigenvalue weighted by Gasteiger charge is 2.18. The molecule has 0 heterocycles. The number of ketones is 1. The van der Waals surface area contributed by atoms with Gasteiger partial charge in [-0.2, -0.15) is 0 Å². The van der Waals surface area contributed by atoms with Crippen LogP contribution in [0.2, 0.25) is 10.0 Å². The molecular formula is C18H12Cl2F4O2. The highest BCUT2D eigenvalue weighted by Crippen LogP contribution is 2.26. The van der Waals surface area contributed by atoms with E-state index in [-0.39, 0.29) is 10.0 Å². The van der Waals surface area contributed by atoms with Crippen molar-refractivity contribution in [1.29, 1.82) is 0 Å². The summed E-state index contributed by atoms with van der Waals surface area (Å²) in [5.74, 6) is -4.60. The normalized spacial score (nSPS) is 11.2. The molecule has 2 rings (SSSR count). The lowest BCUT2D eigenvalue weighted by molar-refractivity contribution is 0.103. The summed E-state index contributed by atoms with van der Waals surface area (Å²) in [7, 11) is 0. The molecule has 0 bridgehead atoms. The molecule has 26 heavy (non-hydrogen) atoms. The fourth-order valence-electron chi connectivity index (χ4n) is 1.79. The van der Waals surface area contributed by atoms with E-state index in [1.165, 1.54) is 0 Å². The third kappa shape index (κ3) is 4.94. The predicted octanol–water partition coefficient (Wildman–Crippen LogP) is 5.82. The highest BCUT2D eigenvalue weighted by atomic mass is 35.5. The van der Waals surface area contributed by atoms with Gasteiger partial charge in [0.25, 0.3) is 0 Å². The van der Waals surface area contributed by atoms with Crippen molar-refractivity contribution in [2.45, 2.75) is 6.10 Å². The summed E-state index contributed by atoms with van der Waals surface area (Å²) in [4.78, 5) is 11.0. The molecule has 2 nitrogen and oxygen atoms in total. The van der Waals surface area contributed by atoms with E-state index < -0.39 is 46.3 Å². The van der Waals surface area contributed by atoms with Crippen LogP contribution in [0.5, 0.6) is 0 Å². The quantitative estimate of drug-likeness (QED) is 0.228. The molecule has 0 amide bonds. The summed E-state index contributed by atoms with van der Waals surface area (Å²) in [5, 5.41) is 8.65. The van der Waals surface area contributed by atoms with Gasteiger partial charge in [0.1, 0.15) is 17.7 Å². The molecular weight excluding hydrogens is 395 g/mol. The maximum atomic E-state index is 13.1. The molecule has 0 radical (unpaired) electrons. The summed E-state index contributed by atoms with van der Waals surface area (Å²) in [6, 6.07) is 4.06. The van der Waals surface area contributed by atoms with Crippen LogP contribution in [0.3, 0.4) is 0 Å². The SMILES string of the molecule is C=CC(=O)c1c(F)ccc(Cl)c1F.C=CC(O)c1c(F)ccc(Cl)c1F. The number of allylic oxidation sites excluding steroid dienone is 1. The van der Waals surface area contributed by atoms with Gasteiger partial charge in [-0.05, 0) is 30.3 Å². The molecule has 0 aromatic heterocycles. The molecule has 0 saturated carbocycles. The molecule has 2 aromatic carbocycles. The molecule has 0 aliphatic heterocycles. The topological polar surface area (TPSA) is 37.3 Å². The highest BCUT2D eigenvalue weighted by molar-refractivity contribution is 6.31. The molecule has 138 valence electrons. The first-order chi connectivity index (χ1) is 12.1. The van der Waals surface area contributed by atoms with Crippen molar-refractivity contribution in [2.24, 2.45) is 0 Å². The lowest BCUT2D eigenvalue weighted by Crippen LogP contribution is -2.02. The van der Waals surface area contributed by atoms with Crippen molar-refractivity contribution < 1.29 is 27.5 Å². The molecule has 8 heteroatoms. The monoisotopic (exact) mass is 406 g/mol. The average molecular weight is 407 g/mol. The van der Waals surface area contributed by atoms with Crippen LogP contribution in [-0.2, 0) is 0 Å². The minimum Gasteiger partial charge on any atom is -0.384 e. The van der Waals surface area contributed by atoms with Crippen LogP contribution in [0.15, 0.2) is 49.6 Å². The largest absolute Gasteiger partial charge is 0.384 e. The maximum absolute atomic E-state index is 13.1. The average Bonchev–Trinajstić information content (AvgIpc) is 2.62. The molecule has 0 spiro atoms. The van der Waals surface area contributed by atoms with Gasteiger partial charge < -0.3 is 5.11 Å². The molecule has 1 unspecified atom stereocenters. The van der Waals surface area contributed by atoms with E-state index in [4.69, 9.17) is 28.3 Å². The van der Waals surface area contributed by atoms with Crippen molar-refractivity contribution >= 4 is 29.0 Å². The van der Waals surface area contributed by atoms with Gasteiger partial charge in [-0.3, -0.25) is 4.79 Å². The lowest BCUT2D eigenvalue weighted by Gasteiger charge is -2.08. The zero-order valence-corrected chi connectivity index (χ0v) is 14.6. The Morgan fingerprint density at radius 2 is 1.46 bits per heavy atom. The van der Waals surface area contributed by atoms with Crippen LogP contribution in [0, 0.1) is 23.3 Å². The summed E-state index contributed by atoms with van der Waals surface area (Å²) in [5.41, 5.74) is -1.13. The third-order valence-electron chi connectivity index (χ3n) is 3.07. The van der Waals surface area contributed by atoms with E-state index >= 15 is 0 Å². The second-order valence-electron chi connectivity index (χ2n) is 4.72. The summed E-state index contributed by atoms with van der Waals surface area (Å²) >= 11 is 10.8. The Balaban J connectivity index is 0.000000260. The smallest absolute Gasteiger partial charge is 0.191 e. The Morgan fingerprint density at radius 1 is 0.962 bits per heavy atom. The van der Waals surface area contributed by atoms with E-state index in [0.717, 1.165) is 36.4 Å². The van der Waals surface area contributed by atoms with Crippen molar-refractivity contribution in [2.75, 3.05) is 0 Å². The number of carbonyl (C=O) groups is 1. The summed E-state index contributed by atoms with van der Waals surface area (Å²) < 4.78 is 52.0. The van der Waals surface area contributed by atoms with Crippen LogP contribution in [-0.4, -0.2) is 10.9 Å². The number of hydrogen-bond donors (Lipinski definition) is 1. The standard InChI is InChI=1S/C9H7ClF2O.C9H5ClF2O/c2*1-2-7(13)8-6(11)4-3-5(10)9(8)12/h2-4,7,13H,1H2;2-4H,1H2. The number of rotatable bonds is 4. The number of aliphatic hydroxyl groups is 1. The number of benzene rings is 2. The van der Waals surface area contributed by atoms with E-state index in [0.29, 0.717) is 0 Å². The molecule has 1 N–H and O–H groups in total. The molecule has 0 saturated heterocycles. The fraction of sp³-hybridized carbons (Fsp3) is 0.0556. The summed E-state index contributed by atoms with van der Waals surface area (Å²) in [6.07, 6.45) is 0.481. The van der Waals surface area contributed by atoms with Gasteiger partial charge in [-0.25, -0.2) is 17.6 Å². The minimum absolute atomic E-state index is 0.225. The first kappa shape index (κ1) is 21.9. The van der Waals surface area contributed by atoms with Crippen LogP contribution < -0.4 is 0 Å². The zero-order valence-electron chi connectivity index (χ0n) is 13.1. The second kappa shape index (κ2) is 9.52. The van der Waals surface area contributed by atoms with Crippen LogP contribution in [0.25, 0.3) is 0 Å². The molecule has 0 fully saturated rings. The Morgan fingerprint density at radius 3 is 1.96 bits per heavy atom. The van der Waals surface area contributed by atoms with E-state index in [1.807, 2.05) is 0 Å². The van der Waals surface area contributed by atoms with Gasteiger partial charge >= 0.3 is 0 Å². The van der Waals surface area contributed by atoms with Gasteiger partial charge in [-0.1, -0.05) is 35.9 Å². The van der Waals surface area contributed by atoms with Crippen molar-refractivity contribution in [3.05, 3.63) is 94.0 Å². The van der Waals surface area contributed by atoms with Crippen molar-refractivity contribution in [3.8, 4) is 0 Å². The van der Waals surface area contributed by atoms with E-state index in [9.17, 15) is 22.4 Å². The van der Waals surface area contributed by atoms with Crippen LogP contribution >= 0.6 is 23.2 Å². The van der Waals surface area contributed by atoms with Crippen LogP contribution in [0.1, 0.15) is 22.0 Å². The Bertz CT molecular complexity index is 854. The number of halogens is 6. The van der Waals surface area contributed by atoms with Gasteiger partial charge in [0, 0.05) is 0 Å². The first-order valence-electron chi connectivity index (χ1n) is 6.89. The number of hydrogen-bond acceptors (Lipinski definition) is 2. The Hall–Kier alpha value is -2.15. The predicted molar refractivity (Wildman–Crippen MR) is 92.4 cm³/mol. The Kier molecular flexibility index (Phi) is 8.02. The van der Waals surface area contributed by atoms with Crippen LogP contribution in [0.4, 0.5) is 17.6 Å². The molecule has 0 aliphatic carbocycles. The van der Waals surface area contributed by atoms with Gasteiger partial charge in [0.15, 0.2) is 17.4 Å². The third-order valence-corrected chi connectivity index (χ3v) is 3.66. The summed E-state index contributed by atoms with van der Waals surface area (Å²) in [6.45, 7) is 6.35. The molecule has 0 aliphatic rings. The van der Waals surface area contributed by atoms with Crippen molar-refractivity contribution in [3.63, 3.8) is 0 Å². The first-order valence-corrected chi connectivity index (χ1v) is 7.65. The number of carbonyl (C=O) groups excluding carboxylic acids is 1. The maximum Gasteiger partial charge on any atom is 0.191 e. The zero-order chi connectivity index (χ0) is 20.0. The molecule has 2 aromatic rings. The second-order valence-corrected chi connectivity index (χ2v) is 5.54. The molecule has 1 atom stereocenters. The fourth-order valence-corrected chi connectivity index (χ4v) is 2.11. The van der Waals surface area contributed by atoms with Gasteiger partial charge in [0.2, 0.25) is 0 Å².